The van der Waals surface area contributed by atoms with Crippen molar-refractivity contribution < 1.29 is 4.79 Å². The Morgan fingerprint density at radius 2 is 1.71 bits per heavy atom. The zero-order chi connectivity index (χ0) is 15.3. The Hall–Kier alpha value is -0.640. The van der Waals surface area contributed by atoms with Gasteiger partial charge >= 0.3 is 0 Å². The molecule has 2 rings (SSSR count). The van der Waals surface area contributed by atoms with Crippen LogP contribution in [0.5, 0.6) is 0 Å². The summed E-state index contributed by atoms with van der Waals surface area (Å²) in [5.41, 5.74) is 5.39. The Morgan fingerprint density at radius 1 is 1.14 bits per heavy atom. The van der Waals surface area contributed by atoms with Crippen LogP contribution in [0.4, 0.5) is 0 Å². The number of carbonyl (C=O) groups is 1. The summed E-state index contributed by atoms with van der Waals surface area (Å²) >= 11 is 5.27. The maximum Gasteiger partial charge on any atom is 0.233 e. The SMILES string of the molecule is CC1CCC(CNC(=O)C2(C(N)=S)CCCCCC2)CC1. The number of carbonyl (C=O) groups excluding carboxylic acids is 1. The summed E-state index contributed by atoms with van der Waals surface area (Å²) in [5.74, 6) is 1.58. The summed E-state index contributed by atoms with van der Waals surface area (Å²) in [5, 5.41) is 3.18. The molecule has 3 N–H and O–H groups in total. The highest BCUT2D eigenvalue weighted by Crippen LogP contribution is 2.36. The standard InChI is InChI=1S/C17H30N2OS/c1-13-6-8-14(9-7-13)12-19-16(20)17(15(18)21)10-4-2-3-5-11-17/h13-14H,2-12H2,1H3,(H2,18,21)(H,19,20). The van der Waals surface area contributed by atoms with E-state index in [9.17, 15) is 4.79 Å². The fraction of sp³-hybridized carbons (Fsp3) is 0.882. The lowest BCUT2D eigenvalue weighted by atomic mass is 9.78. The van der Waals surface area contributed by atoms with Gasteiger partial charge in [0.1, 0.15) is 0 Å². The fourth-order valence-electron chi connectivity index (χ4n) is 3.86. The van der Waals surface area contributed by atoms with E-state index in [2.05, 4.69) is 12.2 Å². The lowest BCUT2D eigenvalue weighted by molar-refractivity contribution is -0.128. The number of hydrogen-bond donors (Lipinski definition) is 2. The molecule has 2 fully saturated rings. The summed E-state index contributed by atoms with van der Waals surface area (Å²) < 4.78 is 0. The summed E-state index contributed by atoms with van der Waals surface area (Å²) in [4.78, 5) is 13.1. The lowest BCUT2D eigenvalue weighted by Gasteiger charge is -2.32. The molecule has 1 amide bonds. The monoisotopic (exact) mass is 310 g/mol. The molecule has 0 bridgehead atoms. The van der Waals surface area contributed by atoms with E-state index in [0.29, 0.717) is 10.9 Å². The molecule has 3 nitrogen and oxygen atoms in total. The molecule has 4 heteroatoms. The van der Waals surface area contributed by atoms with Crippen molar-refractivity contribution >= 4 is 23.1 Å². The van der Waals surface area contributed by atoms with Gasteiger partial charge in [-0.1, -0.05) is 57.7 Å². The predicted molar refractivity (Wildman–Crippen MR) is 91.1 cm³/mol. The predicted octanol–water partition coefficient (Wildman–Crippen LogP) is 3.56. The number of nitrogens with two attached hydrogens (primary N) is 1. The van der Waals surface area contributed by atoms with E-state index >= 15 is 0 Å². The smallest absolute Gasteiger partial charge is 0.233 e. The summed E-state index contributed by atoms with van der Waals surface area (Å²) in [6.45, 7) is 3.12. The van der Waals surface area contributed by atoms with E-state index < -0.39 is 5.41 Å². The number of hydrogen-bond acceptors (Lipinski definition) is 2. The first-order valence-electron chi connectivity index (χ1n) is 8.63. The molecule has 21 heavy (non-hydrogen) atoms. The van der Waals surface area contributed by atoms with Gasteiger partial charge in [0.15, 0.2) is 0 Å². The number of rotatable bonds is 4. The van der Waals surface area contributed by atoms with Crippen LogP contribution in [-0.2, 0) is 4.79 Å². The van der Waals surface area contributed by atoms with Crippen LogP contribution >= 0.6 is 12.2 Å². The number of thiocarbonyl (C=S) groups is 1. The third-order valence-electron chi connectivity index (χ3n) is 5.55. The molecule has 0 atom stereocenters. The second kappa shape index (κ2) is 7.57. The normalized spacial score (nSPS) is 29.4. The molecule has 2 saturated carbocycles. The Bertz CT molecular complexity index is 367. The third kappa shape index (κ3) is 4.18. The molecule has 0 unspecified atom stereocenters. The van der Waals surface area contributed by atoms with E-state index in [0.717, 1.165) is 38.1 Å². The molecule has 0 heterocycles. The molecule has 0 saturated heterocycles. The van der Waals surface area contributed by atoms with E-state index in [-0.39, 0.29) is 5.91 Å². The van der Waals surface area contributed by atoms with Gasteiger partial charge in [-0.3, -0.25) is 4.79 Å². The second-order valence-corrected chi connectivity index (χ2v) is 7.64. The van der Waals surface area contributed by atoms with Crippen LogP contribution in [0.2, 0.25) is 0 Å². The van der Waals surface area contributed by atoms with Crippen LogP contribution < -0.4 is 11.1 Å². The van der Waals surface area contributed by atoms with Crippen molar-refractivity contribution in [1.29, 1.82) is 0 Å². The zero-order valence-electron chi connectivity index (χ0n) is 13.3. The van der Waals surface area contributed by atoms with Gasteiger partial charge in [-0.25, -0.2) is 0 Å². The lowest BCUT2D eigenvalue weighted by Crippen LogP contribution is -2.49. The van der Waals surface area contributed by atoms with Crippen molar-refractivity contribution in [2.75, 3.05) is 6.54 Å². The first-order valence-corrected chi connectivity index (χ1v) is 9.03. The molecule has 0 aromatic carbocycles. The quantitative estimate of drug-likeness (QED) is 0.616. The minimum Gasteiger partial charge on any atom is -0.392 e. The number of nitrogens with one attached hydrogen (secondary N) is 1. The van der Waals surface area contributed by atoms with Crippen molar-refractivity contribution in [3.63, 3.8) is 0 Å². The van der Waals surface area contributed by atoms with Gasteiger partial charge in [-0.15, -0.1) is 0 Å². The molecule has 2 aliphatic rings. The van der Waals surface area contributed by atoms with Gasteiger partial charge in [0.2, 0.25) is 5.91 Å². The topological polar surface area (TPSA) is 55.1 Å². The summed E-state index contributed by atoms with van der Waals surface area (Å²) in [6.07, 6.45) is 11.2. The highest BCUT2D eigenvalue weighted by molar-refractivity contribution is 7.80. The van der Waals surface area contributed by atoms with Crippen LogP contribution in [0.3, 0.4) is 0 Å². The average molecular weight is 311 g/mol. The van der Waals surface area contributed by atoms with E-state index in [4.69, 9.17) is 18.0 Å². The van der Waals surface area contributed by atoms with Crippen LogP contribution in [-0.4, -0.2) is 17.4 Å². The van der Waals surface area contributed by atoms with E-state index in [1.165, 1.54) is 38.5 Å². The fourth-order valence-corrected chi connectivity index (χ4v) is 4.15. The Kier molecular flexibility index (Phi) is 6.03. The van der Waals surface area contributed by atoms with Crippen molar-refractivity contribution in [2.24, 2.45) is 23.0 Å². The number of amides is 1. The van der Waals surface area contributed by atoms with Gasteiger partial charge in [-0.2, -0.15) is 0 Å². The first kappa shape index (κ1) is 16.7. The Labute approximate surface area is 134 Å². The largest absolute Gasteiger partial charge is 0.392 e. The van der Waals surface area contributed by atoms with Gasteiger partial charge in [0.05, 0.1) is 10.4 Å². The second-order valence-electron chi connectivity index (χ2n) is 7.20. The maximum absolute atomic E-state index is 12.7. The van der Waals surface area contributed by atoms with Gasteiger partial charge in [0, 0.05) is 6.54 Å². The van der Waals surface area contributed by atoms with Crippen LogP contribution in [0.1, 0.15) is 71.1 Å². The molecule has 2 aliphatic carbocycles. The molecule has 0 radical (unpaired) electrons. The zero-order valence-corrected chi connectivity index (χ0v) is 14.1. The highest BCUT2D eigenvalue weighted by Gasteiger charge is 2.41. The molecular formula is C17H30N2OS. The molecule has 0 aromatic heterocycles. The molecule has 0 aromatic rings. The first-order chi connectivity index (χ1) is 10.0. The maximum atomic E-state index is 12.7. The van der Waals surface area contributed by atoms with Crippen LogP contribution in [0, 0.1) is 17.3 Å². The van der Waals surface area contributed by atoms with Crippen molar-refractivity contribution in [3.05, 3.63) is 0 Å². The van der Waals surface area contributed by atoms with Gasteiger partial charge in [0.25, 0.3) is 0 Å². The van der Waals surface area contributed by atoms with Crippen molar-refractivity contribution in [1.82, 2.24) is 5.32 Å². The molecule has 120 valence electrons. The summed E-state index contributed by atoms with van der Waals surface area (Å²) in [6, 6.07) is 0. The van der Waals surface area contributed by atoms with Crippen molar-refractivity contribution in [2.45, 2.75) is 71.1 Å². The third-order valence-corrected chi connectivity index (χ3v) is 5.94. The van der Waals surface area contributed by atoms with Gasteiger partial charge in [-0.05, 0) is 37.5 Å². The van der Waals surface area contributed by atoms with Crippen LogP contribution in [0.25, 0.3) is 0 Å². The van der Waals surface area contributed by atoms with E-state index in [1.807, 2.05) is 0 Å². The highest BCUT2D eigenvalue weighted by atomic mass is 32.1. The summed E-state index contributed by atoms with van der Waals surface area (Å²) in [7, 11) is 0. The Balaban J connectivity index is 1.91. The van der Waals surface area contributed by atoms with E-state index in [1.54, 1.807) is 0 Å². The molecule has 0 aliphatic heterocycles. The average Bonchev–Trinajstić information content (AvgIpc) is 2.73. The molecule has 0 spiro atoms. The van der Waals surface area contributed by atoms with Crippen molar-refractivity contribution in [3.8, 4) is 0 Å². The Morgan fingerprint density at radius 3 is 2.24 bits per heavy atom. The minimum absolute atomic E-state index is 0.0931. The minimum atomic E-state index is -0.576. The van der Waals surface area contributed by atoms with Crippen LogP contribution in [0.15, 0.2) is 0 Å². The molecular weight excluding hydrogens is 280 g/mol. The van der Waals surface area contributed by atoms with Gasteiger partial charge < -0.3 is 11.1 Å².